The molecule has 7 rings (SSSR count). The van der Waals surface area contributed by atoms with Crippen molar-refractivity contribution in [2.75, 3.05) is 46.2 Å². The summed E-state index contributed by atoms with van der Waals surface area (Å²) in [7, 11) is 0. The average molecular weight is 1140 g/mol. The van der Waals surface area contributed by atoms with E-state index < -0.39 is 259 Å². The third-order valence-electron chi connectivity index (χ3n) is 17.2. The van der Waals surface area contributed by atoms with Crippen molar-refractivity contribution < 1.29 is 155 Å². The van der Waals surface area contributed by atoms with Crippen LogP contribution in [0, 0.1) is 29.6 Å². The molecule has 2 aliphatic heterocycles. The molecule has 0 radical (unpaired) electrons. The Morgan fingerprint density at radius 2 is 0.551 bits per heavy atom. The summed E-state index contributed by atoms with van der Waals surface area (Å²) in [5, 5.41) is 249. The summed E-state index contributed by atoms with van der Waals surface area (Å²) in [6, 6.07) is 0. The van der Waals surface area contributed by atoms with Crippen molar-refractivity contribution in [1.29, 1.82) is 0 Å². The Kier molecular flexibility index (Phi) is 22.8. The van der Waals surface area contributed by atoms with E-state index in [1.165, 1.54) is 0 Å². The summed E-state index contributed by atoms with van der Waals surface area (Å²) >= 11 is 0. The zero-order valence-corrected chi connectivity index (χ0v) is 42.2. The van der Waals surface area contributed by atoms with Crippen LogP contribution in [0.15, 0.2) is 0 Å². The van der Waals surface area contributed by atoms with Crippen LogP contribution >= 0.6 is 0 Å². The molecule has 23 N–H and O–H groups in total. The molecule has 31 nitrogen and oxygen atoms in total. The lowest BCUT2D eigenvalue weighted by Gasteiger charge is -2.51. The molecular weight excluding hydrogens is 1060 g/mol. The van der Waals surface area contributed by atoms with E-state index in [-0.39, 0.29) is 32.1 Å². The van der Waals surface area contributed by atoms with Crippen LogP contribution in [-0.4, -0.2) is 347 Å². The quantitative estimate of drug-likeness (QED) is 0.0571. The van der Waals surface area contributed by atoms with E-state index in [4.69, 9.17) is 37.9 Å². The van der Waals surface area contributed by atoms with Gasteiger partial charge in [0.2, 0.25) is 0 Å². The summed E-state index contributed by atoms with van der Waals surface area (Å²) in [5.74, 6) is -5.61. The van der Waals surface area contributed by atoms with Crippen molar-refractivity contribution in [3.8, 4) is 0 Å². The van der Waals surface area contributed by atoms with Gasteiger partial charge >= 0.3 is 0 Å². The van der Waals surface area contributed by atoms with Crippen LogP contribution in [0.25, 0.3) is 0 Å². The van der Waals surface area contributed by atoms with Gasteiger partial charge < -0.3 is 155 Å². The van der Waals surface area contributed by atoms with Gasteiger partial charge in [-0.3, -0.25) is 0 Å². The Morgan fingerprint density at radius 3 is 0.872 bits per heavy atom. The largest absolute Gasteiger partial charge is 0.396 e. The Morgan fingerprint density at radius 1 is 0.244 bits per heavy atom. The standard InChI is InChI=1S/C47H82O31/c48-6-13-1-18(30(60)36(66)25(13)55)71-41-26(56)14(7-49)2-19(31(41)61)72-42-27(57)15(8-50)3-20(32(42)62)73-43-28(58)16(9-51)4-21(33(43)63)74-44-29(59)17(10-52)5-22(34(44)64)75-45-35(65)23(11-53)77-47(39(45)69)78-40-24(12-54)76-46(70)38(68)37(40)67/h13-70H,1-12H2/t13?,14?,15?,16?,17?,18-,19-,20-,21-,22-,23?,24?,25+,26+,27+,28+,29+,30?,31?,32?,33?,34?,35+,36+,37-,38?,39?,40-,41+,42+,43+,44+,45+,46-,47+/m1/s1. The lowest BCUT2D eigenvalue weighted by molar-refractivity contribution is -0.363. The molecule has 0 aromatic carbocycles. The Balaban J connectivity index is 1.06. The monoisotopic (exact) mass is 1140 g/mol. The van der Waals surface area contributed by atoms with Gasteiger partial charge in [-0.2, -0.15) is 0 Å². The zero-order valence-electron chi connectivity index (χ0n) is 42.2. The highest BCUT2D eigenvalue weighted by atomic mass is 16.7. The second kappa shape index (κ2) is 27.6. The van der Waals surface area contributed by atoms with Crippen LogP contribution in [0.3, 0.4) is 0 Å². The summed E-state index contributed by atoms with van der Waals surface area (Å²) in [6.07, 6.45) is -54.2. The van der Waals surface area contributed by atoms with Crippen molar-refractivity contribution in [3.05, 3.63) is 0 Å². The van der Waals surface area contributed by atoms with Gasteiger partial charge in [-0.25, -0.2) is 0 Å². The van der Waals surface area contributed by atoms with E-state index in [1.807, 2.05) is 0 Å². The van der Waals surface area contributed by atoms with Crippen molar-refractivity contribution in [2.24, 2.45) is 29.6 Å². The predicted octanol–water partition coefficient (Wildman–Crippen LogP) is -13.0. The van der Waals surface area contributed by atoms with E-state index in [1.54, 1.807) is 0 Å². The van der Waals surface area contributed by atoms with E-state index in [9.17, 15) is 117 Å². The minimum absolute atomic E-state index is 0.239. The van der Waals surface area contributed by atoms with Gasteiger partial charge in [-0.1, -0.05) is 0 Å². The fraction of sp³-hybridized carbons (Fsp3) is 1.00. The number of hydrogen-bond acceptors (Lipinski definition) is 31. The number of aliphatic hydroxyl groups is 23. The molecule has 7 aliphatic rings. The Bertz CT molecular complexity index is 1810. The lowest BCUT2D eigenvalue weighted by atomic mass is 9.77. The van der Waals surface area contributed by atoms with Crippen LogP contribution in [0.1, 0.15) is 32.1 Å². The van der Waals surface area contributed by atoms with Crippen LogP contribution in [0.5, 0.6) is 0 Å². The minimum Gasteiger partial charge on any atom is -0.396 e. The molecule has 35 atom stereocenters. The van der Waals surface area contributed by atoms with Gasteiger partial charge in [0.25, 0.3) is 0 Å². The van der Waals surface area contributed by atoms with Gasteiger partial charge in [-0.05, 0) is 32.1 Å². The highest BCUT2D eigenvalue weighted by molar-refractivity contribution is 5.05. The summed E-state index contributed by atoms with van der Waals surface area (Å²) < 4.78 is 46.7. The molecule has 456 valence electrons. The molecule has 5 saturated carbocycles. The molecule has 0 amide bonds. The first-order valence-electron chi connectivity index (χ1n) is 26.4. The van der Waals surface area contributed by atoms with Crippen molar-refractivity contribution in [3.63, 3.8) is 0 Å². The number of aliphatic hydroxyl groups excluding tert-OH is 23. The third kappa shape index (κ3) is 13.0. The first-order valence-corrected chi connectivity index (χ1v) is 26.4. The molecule has 31 heteroatoms. The van der Waals surface area contributed by atoms with Crippen LogP contribution in [0.4, 0.5) is 0 Å². The van der Waals surface area contributed by atoms with Crippen molar-refractivity contribution in [1.82, 2.24) is 0 Å². The smallest absolute Gasteiger partial charge is 0.187 e. The van der Waals surface area contributed by atoms with E-state index in [2.05, 4.69) is 0 Å². The predicted molar refractivity (Wildman–Crippen MR) is 248 cm³/mol. The Hall–Kier alpha value is -1.24. The normalized spacial score (nSPS) is 53.5. The third-order valence-corrected chi connectivity index (χ3v) is 17.2. The Labute approximate surface area is 446 Å². The summed E-state index contributed by atoms with van der Waals surface area (Å²) in [5.41, 5.74) is 0. The first kappa shape index (κ1) is 64.3. The molecule has 5 aliphatic carbocycles. The molecule has 0 bridgehead atoms. The maximum atomic E-state index is 11.9. The highest BCUT2D eigenvalue weighted by Gasteiger charge is 2.58. The fourth-order valence-electron chi connectivity index (χ4n) is 12.3. The van der Waals surface area contributed by atoms with E-state index in [0.29, 0.717) is 0 Å². The van der Waals surface area contributed by atoms with Crippen molar-refractivity contribution >= 4 is 0 Å². The molecule has 2 saturated heterocycles. The molecule has 78 heavy (non-hydrogen) atoms. The maximum absolute atomic E-state index is 11.9. The molecule has 0 aromatic rings. The van der Waals surface area contributed by atoms with Crippen molar-refractivity contribution in [2.45, 2.75) is 216 Å². The minimum atomic E-state index is -2.06. The van der Waals surface area contributed by atoms with Gasteiger partial charge in [0.1, 0.15) is 110 Å². The van der Waals surface area contributed by atoms with E-state index in [0.717, 1.165) is 0 Å². The summed E-state index contributed by atoms with van der Waals surface area (Å²) in [4.78, 5) is 0. The fourth-order valence-corrected chi connectivity index (χ4v) is 12.3. The van der Waals surface area contributed by atoms with Gasteiger partial charge in [0.05, 0.1) is 74.3 Å². The molecular formula is C47H82O31. The molecule has 14 unspecified atom stereocenters. The highest BCUT2D eigenvalue weighted by Crippen LogP contribution is 2.42. The second-order valence-corrected chi connectivity index (χ2v) is 22.0. The van der Waals surface area contributed by atoms with Gasteiger partial charge in [-0.15, -0.1) is 0 Å². The zero-order chi connectivity index (χ0) is 57.3. The topological polar surface area (TPSA) is 539 Å². The lowest BCUT2D eigenvalue weighted by Crippen LogP contribution is -2.66. The summed E-state index contributed by atoms with van der Waals surface area (Å²) in [6.45, 7) is -5.44. The number of rotatable bonds is 19. The first-order chi connectivity index (χ1) is 37.0. The van der Waals surface area contributed by atoms with Gasteiger partial charge in [0, 0.05) is 62.6 Å². The van der Waals surface area contributed by atoms with Crippen LogP contribution < -0.4 is 0 Å². The van der Waals surface area contributed by atoms with E-state index >= 15 is 0 Å². The number of hydrogen-bond donors (Lipinski definition) is 23. The van der Waals surface area contributed by atoms with Crippen LogP contribution in [-0.2, 0) is 37.9 Å². The SMILES string of the molecule is OCC1O[C@@H](O)C(O)[C@@H](O)[C@@H]1O[C@@H]1OC(CO)[C@H](O)[C@H](O[C@@H]2CC(CO)[C@H](O)[C@H](O[C@@H]3CC(CO)[C@H](O)[C@H](O[C@@H]4CC(CO)[C@H](O)[C@H](O[C@@H]5CC(CO)[C@H](O)[C@H](O[C@@H]6CC(CO)[C@H](O)[C@H](O)C6O)C5O)C4O)C3O)C2O)C1O. The van der Waals surface area contributed by atoms with Gasteiger partial charge in [0.15, 0.2) is 12.6 Å². The average Bonchev–Trinajstić information content (AvgIpc) is 3.42. The maximum Gasteiger partial charge on any atom is 0.187 e. The molecule has 7 fully saturated rings. The number of ether oxygens (including phenoxy) is 8. The second-order valence-electron chi connectivity index (χ2n) is 22.0. The molecule has 2 heterocycles. The molecule has 0 aromatic heterocycles. The van der Waals surface area contributed by atoms with Crippen LogP contribution in [0.2, 0.25) is 0 Å². The molecule has 0 spiro atoms.